The fourth-order valence-electron chi connectivity index (χ4n) is 3.55. The van der Waals surface area contributed by atoms with Crippen LogP contribution in [0, 0.1) is 0 Å². The number of hydrogen-bond donors (Lipinski definition) is 1. The number of methoxy groups -OCH3 is 2. The number of carbonyl (C=O) groups excluding carboxylic acids is 1. The zero-order chi connectivity index (χ0) is 22.8. The van der Waals surface area contributed by atoms with Gasteiger partial charge in [-0.05, 0) is 42.5 Å². The molecular weight excluding hydrogens is 438 g/mol. The molecule has 0 saturated heterocycles. The predicted octanol–water partition coefficient (Wildman–Crippen LogP) is 5.89. The molecule has 0 fully saturated rings. The lowest BCUT2D eigenvalue weighted by atomic mass is 10.1. The van der Waals surface area contributed by atoms with Gasteiger partial charge >= 0.3 is 0 Å². The predicted molar refractivity (Wildman–Crippen MR) is 128 cm³/mol. The fourth-order valence-corrected chi connectivity index (χ4v) is 4.25. The zero-order valence-corrected chi connectivity index (χ0v) is 18.7. The van der Waals surface area contributed by atoms with Crippen molar-refractivity contribution < 1.29 is 18.7 Å². The SMILES string of the molecule is COc1ccc(OC)c(-c2csc(NC(=O)c3cc(-c4ccco4)nc4ccccc34)n2)c1. The molecule has 0 bridgehead atoms. The van der Waals surface area contributed by atoms with Gasteiger partial charge in [0.25, 0.3) is 5.91 Å². The molecule has 33 heavy (non-hydrogen) atoms. The van der Waals surface area contributed by atoms with Crippen molar-refractivity contribution in [3.8, 4) is 34.2 Å². The molecule has 164 valence electrons. The van der Waals surface area contributed by atoms with Crippen molar-refractivity contribution in [1.82, 2.24) is 9.97 Å². The summed E-state index contributed by atoms with van der Waals surface area (Å²) in [5, 5.41) is 6.00. The van der Waals surface area contributed by atoms with Crippen molar-refractivity contribution in [3.63, 3.8) is 0 Å². The summed E-state index contributed by atoms with van der Waals surface area (Å²) >= 11 is 1.33. The van der Waals surface area contributed by atoms with E-state index in [9.17, 15) is 4.79 Å². The van der Waals surface area contributed by atoms with Crippen LogP contribution in [0.25, 0.3) is 33.6 Å². The first-order valence-corrected chi connectivity index (χ1v) is 11.0. The quantitative estimate of drug-likeness (QED) is 0.342. The molecule has 0 spiro atoms. The number of benzene rings is 2. The standard InChI is InChI=1S/C25H19N3O4S/c1-30-15-9-10-22(31-2)18(12-15)21-14-33-25(27-21)28-24(29)17-13-20(23-8-5-11-32-23)26-19-7-4-3-6-16(17)19/h3-14H,1-2H3,(H,27,28,29). The zero-order valence-electron chi connectivity index (χ0n) is 17.9. The van der Waals surface area contributed by atoms with Crippen molar-refractivity contribution >= 4 is 33.3 Å². The first kappa shape index (κ1) is 20.7. The Morgan fingerprint density at radius 3 is 2.64 bits per heavy atom. The molecule has 2 aromatic carbocycles. The van der Waals surface area contributed by atoms with Crippen LogP contribution in [0.3, 0.4) is 0 Å². The van der Waals surface area contributed by atoms with Gasteiger partial charge in [0.2, 0.25) is 0 Å². The molecule has 3 aromatic heterocycles. The van der Waals surface area contributed by atoms with E-state index in [0.29, 0.717) is 44.9 Å². The molecule has 0 radical (unpaired) electrons. The molecule has 0 atom stereocenters. The number of nitrogens with zero attached hydrogens (tertiary/aromatic N) is 2. The maximum Gasteiger partial charge on any atom is 0.258 e. The highest BCUT2D eigenvalue weighted by Gasteiger charge is 2.17. The van der Waals surface area contributed by atoms with Gasteiger partial charge in [-0.15, -0.1) is 11.3 Å². The Bertz CT molecular complexity index is 1440. The van der Waals surface area contributed by atoms with Crippen LogP contribution in [0.5, 0.6) is 11.5 Å². The molecular formula is C25H19N3O4S. The fraction of sp³-hybridized carbons (Fsp3) is 0.0800. The van der Waals surface area contributed by atoms with Crippen molar-refractivity contribution in [1.29, 1.82) is 0 Å². The van der Waals surface area contributed by atoms with Gasteiger partial charge in [0.1, 0.15) is 17.2 Å². The highest BCUT2D eigenvalue weighted by Crippen LogP contribution is 2.35. The number of para-hydroxylation sites is 1. The Hall–Kier alpha value is -4.17. The molecule has 7 nitrogen and oxygen atoms in total. The molecule has 0 aliphatic rings. The summed E-state index contributed by atoms with van der Waals surface area (Å²) in [4.78, 5) is 22.5. The lowest BCUT2D eigenvalue weighted by Crippen LogP contribution is -2.13. The minimum atomic E-state index is -0.278. The third-order valence-electron chi connectivity index (χ3n) is 5.14. The van der Waals surface area contributed by atoms with Gasteiger partial charge in [-0.2, -0.15) is 0 Å². The van der Waals surface area contributed by atoms with E-state index in [2.05, 4.69) is 15.3 Å². The largest absolute Gasteiger partial charge is 0.497 e. The number of ether oxygens (including phenoxy) is 2. The third kappa shape index (κ3) is 4.04. The number of rotatable bonds is 6. The maximum absolute atomic E-state index is 13.3. The highest BCUT2D eigenvalue weighted by molar-refractivity contribution is 7.14. The lowest BCUT2D eigenvalue weighted by molar-refractivity contribution is 0.102. The van der Waals surface area contributed by atoms with Crippen LogP contribution in [0.4, 0.5) is 5.13 Å². The van der Waals surface area contributed by atoms with Crippen LogP contribution in [-0.4, -0.2) is 30.1 Å². The van der Waals surface area contributed by atoms with Gasteiger partial charge in [0, 0.05) is 16.3 Å². The number of aromatic nitrogens is 2. The average Bonchev–Trinajstić information content (AvgIpc) is 3.55. The van der Waals surface area contributed by atoms with Gasteiger partial charge in [-0.25, -0.2) is 9.97 Å². The Kier molecular flexibility index (Phi) is 5.50. The molecule has 0 saturated carbocycles. The second kappa shape index (κ2) is 8.76. The number of nitrogens with one attached hydrogen (secondary N) is 1. The van der Waals surface area contributed by atoms with Crippen LogP contribution in [0.1, 0.15) is 10.4 Å². The summed E-state index contributed by atoms with van der Waals surface area (Å²) in [6.45, 7) is 0. The number of furan rings is 1. The van der Waals surface area contributed by atoms with Crippen molar-refractivity contribution in [2.75, 3.05) is 19.5 Å². The van der Waals surface area contributed by atoms with E-state index in [0.717, 1.165) is 10.9 Å². The second-order valence-corrected chi connectivity index (χ2v) is 7.97. The van der Waals surface area contributed by atoms with E-state index in [4.69, 9.17) is 13.9 Å². The number of amides is 1. The van der Waals surface area contributed by atoms with Gasteiger partial charge in [0.15, 0.2) is 10.9 Å². The molecule has 1 N–H and O–H groups in total. The number of anilines is 1. The highest BCUT2D eigenvalue weighted by atomic mass is 32.1. The van der Waals surface area contributed by atoms with Crippen LogP contribution in [-0.2, 0) is 0 Å². The van der Waals surface area contributed by atoms with Crippen molar-refractivity contribution in [2.45, 2.75) is 0 Å². The van der Waals surface area contributed by atoms with Crippen molar-refractivity contribution in [2.24, 2.45) is 0 Å². The molecule has 0 unspecified atom stereocenters. The molecule has 3 heterocycles. The summed E-state index contributed by atoms with van der Waals surface area (Å²) in [7, 11) is 3.21. The molecule has 5 aromatic rings. The number of carbonyl (C=O) groups is 1. The smallest absolute Gasteiger partial charge is 0.258 e. The van der Waals surface area contributed by atoms with Gasteiger partial charge in [0.05, 0.1) is 37.3 Å². The summed E-state index contributed by atoms with van der Waals surface area (Å²) in [5.41, 5.74) is 3.25. The lowest BCUT2D eigenvalue weighted by Gasteiger charge is -2.09. The van der Waals surface area contributed by atoms with E-state index in [1.165, 1.54) is 11.3 Å². The maximum atomic E-state index is 13.3. The Balaban J connectivity index is 1.49. The van der Waals surface area contributed by atoms with E-state index >= 15 is 0 Å². The van der Waals surface area contributed by atoms with E-state index in [1.807, 2.05) is 53.9 Å². The van der Waals surface area contributed by atoms with E-state index in [1.54, 1.807) is 32.6 Å². The van der Waals surface area contributed by atoms with Crippen LogP contribution in [0.2, 0.25) is 0 Å². The van der Waals surface area contributed by atoms with Crippen molar-refractivity contribution in [3.05, 3.63) is 77.9 Å². The minimum Gasteiger partial charge on any atom is -0.497 e. The Morgan fingerprint density at radius 2 is 1.85 bits per heavy atom. The topological polar surface area (TPSA) is 86.5 Å². The first-order valence-electron chi connectivity index (χ1n) is 10.1. The van der Waals surface area contributed by atoms with Crippen LogP contribution < -0.4 is 14.8 Å². The van der Waals surface area contributed by atoms with Gasteiger partial charge in [-0.3, -0.25) is 10.1 Å². The molecule has 1 amide bonds. The average molecular weight is 458 g/mol. The number of pyridine rings is 1. The number of fused-ring (bicyclic) bond motifs is 1. The monoisotopic (exact) mass is 457 g/mol. The van der Waals surface area contributed by atoms with E-state index in [-0.39, 0.29) is 5.91 Å². The normalized spacial score (nSPS) is 10.8. The summed E-state index contributed by atoms with van der Waals surface area (Å²) < 4.78 is 16.3. The van der Waals surface area contributed by atoms with Crippen LogP contribution in [0.15, 0.2) is 76.7 Å². The molecule has 8 heteroatoms. The number of hydrogen-bond acceptors (Lipinski definition) is 7. The Morgan fingerprint density at radius 1 is 0.970 bits per heavy atom. The summed E-state index contributed by atoms with van der Waals surface area (Å²) in [6, 6.07) is 18.3. The molecule has 0 aliphatic carbocycles. The molecule has 0 aliphatic heterocycles. The third-order valence-corrected chi connectivity index (χ3v) is 5.90. The Labute approximate surface area is 193 Å². The minimum absolute atomic E-state index is 0.278. The summed E-state index contributed by atoms with van der Waals surface area (Å²) in [6.07, 6.45) is 1.58. The van der Waals surface area contributed by atoms with Gasteiger partial charge in [-0.1, -0.05) is 18.2 Å². The van der Waals surface area contributed by atoms with Crippen LogP contribution >= 0.6 is 11.3 Å². The summed E-state index contributed by atoms with van der Waals surface area (Å²) in [5.74, 6) is 1.68. The van der Waals surface area contributed by atoms with Gasteiger partial charge < -0.3 is 13.9 Å². The van der Waals surface area contributed by atoms with E-state index < -0.39 is 0 Å². The second-order valence-electron chi connectivity index (χ2n) is 7.11. The molecule has 5 rings (SSSR count). The number of thiazole rings is 1. The first-order chi connectivity index (χ1) is 16.2.